The predicted octanol–water partition coefficient (Wildman–Crippen LogP) is 0.478. The molecule has 6 N–H and O–H groups in total. The van der Waals surface area contributed by atoms with E-state index in [1.807, 2.05) is 0 Å². The standard InChI is InChI=1S/HNO.H3N.2H2O.3H2S/c1-2;;;;;;/h1H;1H3;5*1H2/p-2. The van der Waals surface area contributed by atoms with Crippen LogP contribution in [0.1, 0.15) is 0 Å². The van der Waals surface area contributed by atoms with E-state index in [1.54, 1.807) is 0 Å². The lowest BCUT2D eigenvalue weighted by molar-refractivity contribution is 0.823. The molecule has 0 aromatic heterocycles. The van der Waals surface area contributed by atoms with E-state index in [1.165, 1.54) is 0 Å². The summed E-state index contributed by atoms with van der Waals surface area (Å²) in [6.07, 6.45) is 0. The largest absolute Gasteiger partial charge is 0.870 e. The Labute approximate surface area is 68.5 Å². The Bertz CT molecular complexity index is 12.5. The Morgan fingerprint density at radius 2 is 0.750 bits per heavy atom. The first-order valence-corrected chi connectivity index (χ1v) is 0.204. The summed E-state index contributed by atoms with van der Waals surface area (Å²) in [5.41, 5.74) is 4.50. The Morgan fingerprint density at radius 1 is 0.750 bits per heavy atom. The number of nitroso groups, excluding NO2 is 1. The summed E-state index contributed by atoms with van der Waals surface area (Å²) in [7, 11) is 0. The Hall–Kier alpha value is 0.530. The van der Waals surface area contributed by atoms with Gasteiger partial charge in [-0.15, -0.1) is 0 Å². The molecular formula is H12N2O3S3-2. The van der Waals surface area contributed by atoms with Gasteiger partial charge in [-0.25, -0.2) is 0 Å². The van der Waals surface area contributed by atoms with Crippen LogP contribution < -0.4 is 6.15 Å². The van der Waals surface area contributed by atoms with E-state index in [-0.39, 0.29) is 57.6 Å². The zero-order valence-corrected chi connectivity index (χ0v) is 7.01. The molecule has 0 rings (SSSR count). The summed E-state index contributed by atoms with van der Waals surface area (Å²) in [6, 6.07) is 0. The highest BCUT2D eigenvalue weighted by molar-refractivity contribution is 7.59. The SMILES string of the molecule is N.N=O.S.S.S.[OH-].[OH-]. The number of hydrogen-bond acceptors (Lipinski definition) is 5. The van der Waals surface area contributed by atoms with Crippen LogP contribution in [0, 0.1) is 10.5 Å². The predicted molar refractivity (Wildman–Crippen MR) is 46.1 cm³/mol. The average Bonchev–Trinajstić information content (AvgIpc) is 1.00. The van der Waals surface area contributed by atoms with Crippen molar-refractivity contribution in [3.8, 4) is 0 Å². The van der Waals surface area contributed by atoms with Gasteiger partial charge >= 0.3 is 0 Å². The maximum absolute atomic E-state index is 7.50. The lowest BCUT2D eigenvalue weighted by Gasteiger charge is -0.871. The van der Waals surface area contributed by atoms with Gasteiger partial charge in [-0.3, -0.25) is 0 Å². The fourth-order valence-corrected chi connectivity index (χ4v) is 0. The monoisotopic (exact) mass is 184 g/mol. The molecule has 8 heavy (non-hydrogen) atoms. The quantitative estimate of drug-likeness (QED) is 0.529. The number of nitrogens with one attached hydrogen (secondary N) is 1. The molecule has 0 radical (unpaired) electrons. The number of hydrogen-bond donors (Lipinski definition) is 2. The molecule has 0 amide bonds. The Balaban J connectivity index is -0.000000000333. The third kappa shape index (κ3) is 711. The summed E-state index contributed by atoms with van der Waals surface area (Å²) < 4.78 is 0. The second kappa shape index (κ2) is 1140. The zero-order valence-electron chi connectivity index (χ0n) is 4.01. The summed E-state index contributed by atoms with van der Waals surface area (Å²) in [4.78, 5) is 7.50. The highest BCUT2D eigenvalue weighted by atomic mass is 32.1. The highest BCUT2D eigenvalue weighted by Crippen LogP contribution is 0.766. The molecule has 0 aliphatic heterocycles. The van der Waals surface area contributed by atoms with Crippen LogP contribution in [-0.4, -0.2) is 11.0 Å². The molecule has 0 bridgehead atoms. The lowest BCUT2D eigenvalue weighted by atomic mass is 13.8. The van der Waals surface area contributed by atoms with Crippen molar-refractivity contribution in [3.05, 3.63) is 4.91 Å². The van der Waals surface area contributed by atoms with Crippen molar-refractivity contribution >= 4 is 40.5 Å². The number of rotatable bonds is 0. The molecule has 8 heteroatoms. The van der Waals surface area contributed by atoms with Crippen LogP contribution in [0.25, 0.3) is 0 Å². The molecule has 0 unspecified atom stereocenters. The van der Waals surface area contributed by atoms with E-state index in [0.29, 0.717) is 0 Å². The van der Waals surface area contributed by atoms with Crippen LogP contribution in [0.15, 0.2) is 0 Å². The molecule has 0 aliphatic carbocycles. The van der Waals surface area contributed by atoms with Crippen LogP contribution in [0.3, 0.4) is 0 Å². The zero-order chi connectivity index (χ0) is 2.00. The van der Waals surface area contributed by atoms with E-state index < -0.39 is 0 Å². The molecule has 0 saturated carbocycles. The first kappa shape index (κ1) is 207. The van der Waals surface area contributed by atoms with Crippen LogP contribution in [0.4, 0.5) is 0 Å². The fourth-order valence-electron chi connectivity index (χ4n) is 0. The van der Waals surface area contributed by atoms with Crippen molar-refractivity contribution in [1.82, 2.24) is 6.15 Å². The van der Waals surface area contributed by atoms with Crippen molar-refractivity contribution in [2.24, 2.45) is 0 Å². The van der Waals surface area contributed by atoms with Gasteiger partial charge in [-0.2, -0.15) is 45.4 Å². The lowest BCUT2D eigenvalue weighted by Crippen LogP contribution is -0.649. The molecular weight excluding hydrogens is 172 g/mol. The molecule has 0 fully saturated rings. The first-order valence-electron chi connectivity index (χ1n) is 0.204. The van der Waals surface area contributed by atoms with E-state index in [0.717, 1.165) is 0 Å². The van der Waals surface area contributed by atoms with Crippen molar-refractivity contribution in [1.29, 1.82) is 5.59 Å². The van der Waals surface area contributed by atoms with Gasteiger partial charge < -0.3 is 17.1 Å². The van der Waals surface area contributed by atoms with Gasteiger partial charge in [0.1, 0.15) is 0 Å². The summed E-state index contributed by atoms with van der Waals surface area (Å²) in [6.45, 7) is 0. The molecule has 5 nitrogen and oxygen atoms in total. The molecule has 0 heterocycles. The second-order valence-electron chi connectivity index (χ2n) is 0. The van der Waals surface area contributed by atoms with Crippen molar-refractivity contribution < 1.29 is 11.0 Å². The van der Waals surface area contributed by atoms with Crippen LogP contribution in [-0.2, 0) is 0 Å². The van der Waals surface area contributed by atoms with Crippen LogP contribution >= 0.6 is 40.5 Å². The fraction of sp³-hybridized carbons (Fsp3) is 0. The van der Waals surface area contributed by atoms with Crippen LogP contribution in [0.2, 0.25) is 0 Å². The van der Waals surface area contributed by atoms with E-state index in [4.69, 9.17) is 4.91 Å². The second-order valence-corrected chi connectivity index (χ2v) is 0. The van der Waals surface area contributed by atoms with Gasteiger partial charge in [0.15, 0.2) is 0 Å². The minimum absolute atomic E-state index is 0. The van der Waals surface area contributed by atoms with Crippen molar-refractivity contribution in [2.45, 2.75) is 0 Å². The normalized spacial score (nSPS) is 0.500. The minimum Gasteiger partial charge on any atom is -0.870 e. The van der Waals surface area contributed by atoms with E-state index in [9.17, 15) is 0 Å². The van der Waals surface area contributed by atoms with Gasteiger partial charge in [0.25, 0.3) is 0 Å². The van der Waals surface area contributed by atoms with Crippen molar-refractivity contribution in [3.63, 3.8) is 0 Å². The maximum atomic E-state index is 7.50. The molecule has 0 spiro atoms. The molecule has 0 aromatic rings. The van der Waals surface area contributed by atoms with Gasteiger partial charge in [0, 0.05) is 0 Å². The minimum atomic E-state index is 0. The summed E-state index contributed by atoms with van der Waals surface area (Å²) in [5, 5.41) is 0. The van der Waals surface area contributed by atoms with Gasteiger partial charge in [-0.05, 0) is 0 Å². The highest BCUT2D eigenvalue weighted by Gasteiger charge is 0.588. The average molecular weight is 184 g/mol. The molecule has 0 aliphatic rings. The van der Waals surface area contributed by atoms with Crippen molar-refractivity contribution in [2.75, 3.05) is 0 Å². The maximum Gasteiger partial charge on any atom is -0.0850 e. The summed E-state index contributed by atoms with van der Waals surface area (Å²) >= 11 is 0. The third-order valence-electron chi connectivity index (χ3n) is 0. The van der Waals surface area contributed by atoms with E-state index >= 15 is 0 Å². The first-order chi connectivity index (χ1) is 1.00. The smallest absolute Gasteiger partial charge is 0.0850 e. The van der Waals surface area contributed by atoms with Gasteiger partial charge in [0.05, 0.1) is 0 Å². The van der Waals surface area contributed by atoms with Crippen LogP contribution in [0.5, 0.6) is 0 Å². The topological polar surface area (TPSA) is 136 Å². The summed E-state index contributed by atoms with van der Waals surface area (Å²) in [5.74, 6) is 0. The molecule has 0 saturated heterocycles. The van der Waals surface area contributed by atoms with Gasteiger partial charge in [0.2, 0.25) is 0 Å². The van der Waals surface area contributed by atoms with E-state index in [2.05, 4.69) is 5.59 Å². The Kier molecular flexibility index (Phi) is 29500. The Morgan fingerprint density at radius 3 is 0.750 bits per heavy atom. The molecule has 0 aromatic carbocycles. The molecule has 60 valence electrons. The van der Waals surface area contributed by atoms with Gasteiger partial charge in [-0.1, -0.05) is 5.59 Å². The third-order valence-corrected chi connectivity index (χ3v) is 0. The molecule has 0 atom stereocenters.